The predicted octanol–water partition coefficient (Wildman–Crippen LogP) is 2.22. The molecular formula is C16H14N4O2. The second-order valence-electron chi connectivity index (χ2n) is 4.61. The Hall–Kier alpha value is -3.07. The summed E-state index contributed by atoms with van der Waals surface area (Å²) in [6, 6.07) is 5.65. The van der Waals surface area contributed by atoms with E-state index < -0.39 is 5.97 Å². The first kappa shape index (κ1) is 13.9. The zero-order valence-electron chi connectivity index (χ0n) is 12.3. The molecule has 6 heteroatoms. The van der Waals surface area contributed by atoms with Gasteiger partial charge in [0, 0.05) is 30.9 Å². The molecule has 0 atom stereocenters. The molecule has 2 heterocycles. The van der Waals surface area contributed by atoms with E-state index in [-0.39, 0.29) is 0 Å². The van der Waals surface area contributed by atoms with E-state index >= 15 is 0 Å². The summed E-state index contributed by atoms with van der Waals surface area (Å²) in [4.78, 5) is 21.8. The maximum atomic E-state index is 11.3. The lowest BCUT2D eigenvalue weighted by Crippen LogP contribution is -2.19. The highest BCUT2D eigenvalue weighted by atomic mass is 16.5. The molecule has 110 valence electrons. The molecule has 6 nitrogen and oxygen atoms in total. The molecule has 1 aliphatic rings. The van der Waals surface area contributed by atoms with Crippen LogP contribution in [-0.2, 0) is 9.53 Å². The van der Waals surface area contributed by atoms with Gasteiger partial charge < -0.3 is 15.0 Å². The van der Waals surface area contributed by atoms with Crippen LogP contribution in [0, 0.1) is 11.8 Å². The summed E-state index contributed by atoms with van der Waals surface area (Å²) in [6.07, 6.45) is 3.29. The highest BCUT2D eigenvalue weighted by molar-refractivity contribution is 5.90. The van der Waals surface area contributed by atoms with Crippen LogP contribution < -0.4 is 10.2 Å². The summed E-state index contributed by atoms with van der Waals surface area (Å²) >= 11 is 0. The quantitative estimate of drug-likeness (QED) is 0.642. The van der Waals surface area contributed by atoms with Gasteiger partial charge in [0.2, 0.25) is 0 Å². The smallest absolute Gasteiger partial charge is 0.384 e. The number of nitrogens with one attached hydrogen (secondary N) is 1. The summed E-state index contributed by atoms with van der Waals surface area (Å²) in [5.41, 5.74) is 2.56. The first-order chi connectivity index (χ1) is 10.7. The monoisotopic (exact) mass is 294 g/mol. The van der Waals surface area contributed by atoms with Crippen molar-refractivity contribution in [3.8, 4) is 11.8 Å². The lowest BCUT2D eigenvalue weighted by molar-refractivity contribution is -0.136. The van der Waals surface area contributed by atoms with E-state index in [2.05, 4.69) is 27.1 Å². The Kier molecular flexibility index (Phi) is 3.62. The largest absolute Gasteiger partial charge is 0.456 e. The fraction of sp³-hybridized carbons (Fsp3) is 0.188. The Morgan fingerprint density at radius 3 is 3.00 bits per heavy atom. The van der Waals surface area contributed by atoms with E-state index in [1.54, 1.807) is 19.3 Å². The molecule has 0 unspecified atom stereocenters. The lowest BCUT2D eigenvalue weighted by Gasteiger charge is -2.28. The van der Waals surface area contributed by atoms with Crippen LogP contribution in [0.3, 0.4) is 0 Å². The van der Waals surface area contributed by atoms with Crippen LogP contribution in [0.5, 0.6) is 0 Å². The lowest BCUT2D eigenvalue weighted by atomic mass is 10.1. The van der Waals surface area contributed by atoms with Crippen molar-refractivity contribution in [2.24, 2.45) is 0 Å². The van der Waals surface area contributed by atoms with Gasteiger partial charge in [-0.2, -0.15) is 0 Å². The third-order valence-electron chi connectivity index (χ3n) is 3.19. The molecule has 0 fully saturated rings. The maximum Gasteiger partial charge on any atom is 0.384 e. The molecule has 1 N–H and O–H groups in total. The van der Waals surface area contributed by atoms with Crippen LogP contribution in [0.25, 0.3) is 0 Å². The number of carbonyl (C=O) groups is 1. The van der Waals surface area contributed by atoms with E-state index in [0.717, 1.165) is 22.8 Å². The highest BCUT2D eigenvalue weighted by Gasteiger charge is 2.21. The standard InChI is InChI=1S/C16H14N4O2/c1-3-22-14(21)7-5-11-4-6-13-12(10-11)19-15-16(20(13)2)18-9-8-17-15/h4,6,8-10H,3H2,1-2H3,(H,17,19). The van der Waals surface area contributed by atoms with Gasteiger partial charge >= 0.3 is 5.97 Å². The van der Waals surface area contributed by atoms with Crippen molar-refractivity contribution in [1.82, 2.24) is 9.97 Å². The molecule has 0 amide bonds. The molecule has 0 aliphatic carbocycles. The van der Waals surface area contributed by atoms with Gasteiger partial charge in [-0.15, -0.1) is 0 Å². The molecule has 0 saturated heterocycles. The van der Waals surface area contributed by atoms with Crippen molar-refractivity contribution in [2.75, 3.05) is 23.9 Å². The molecule has 2 aromatic rings. The third kappa shape index (κ3) is 2.56. The summed E-state index contributed by atoms with van der Waals surface area (Å²) in [7, 11) is 1.93. The Labute approximate surface area is 128 Å². The highest BCUT2D eigenvalue weighted by Crippen LogP contribution is 2.40. The van der Waals surface area contributed by atoms with Crippen molar-refractivity contribution in [1.29, 1.82) is 0 Å². The molecule has 1 aromatic heterocycles. The molecule has 0 radical (unpaired) electrons. The third-order valence-corrected chi connectivity index (χ3v) is 3.19. The van der Waals surface area contributed by atoms with Gasteiger partial charge in [0.05, 0.1) is 18.0 Å². The molecule has 1 aromatic carbocycles. The van der Waals surface area contributed by atoms with Gasteiger partial charge in [-0.3, -0.25) is 0 Å². The van der Waals surface area contributed by atoms with Crippen molar-refractivity contribution in [2.45, 2.75) is 6.92 Å². The van der Waals surface area contributed by atoms with Crippen molar-refractivity contribution in [3.63, 3.8) is 0 Å². The predicted molar refractivity (Wildman–Crippen MR) is 83.3 cm³/mol. The number of rotatable bonds is 1. The van der Waals surface area contributed by atoms with E-state index in [1.807, 2.05) is 30.1 Å². The van der Waals surface area contributed by atoms with Crippen molar-refractivity contribution >= 4 is 29.0 Å². The number of benzene rings is 1. The molecule has 0 saturated carbocycles. The van der Waals surface area contributed by atoms with Crippen LogP contribution in [0.4, 0.5) is 23.0 Å². The van der Waals surface area contributed by atoms with E-state index in [0.29, 0.717) is 12.4 Å². The summed E-state index contributed by atoms with van der Waals surface area (Å²) in [5.74, 6) is 6.18. The number of aromatic nitrogens is 2. The van der Waals surface area contributed by atoms with Gasteiger partial charge in [0.25, 0.3) is 0 Å². The van der Waals surface area contributed by atoms with Crippen LogP contribution in [0.2, 0.25) is 0 Å². The van der Waals surface area contributed by atoms with E-state index in [9.17, 15) is 4.79 Å². The van der Waals surface area contributed by atoms with Gasteiger partial charge in [-0.25, -0.2) is 14.8 Å². The Bertz CT molecular complexity index is 792. The number of fused-ring (bicyclic) bond motifs is 2. The number of hydrogen-bond acceptors (Lipinski definition) is 6. The molecule has 0 bridgehead atoms. The molecule has 22 heavy (non-hydrogen) atoms. The number of ether oxygens (including phenoxy) is 1. The fourth-order valence-corrected chi connectivity index (χ4v) is 2.20. The number of hydrogen-bond donors (Lipinski definition) is 1. The average Bonchev–Trinajstić information content (AvgIpc) is 2.53. The fourth-order valence-electron chi connectivity index (χ4n) is 2.20. The minimum absolute atomic E-state index is 0.319. The maximum absolute atomic E-state index is 11.3. The molecule has 3 rings (SSSR count). The topological polar surface area (TPSA) is 67.3 Å². The molecule has 0 spiro atoms. The summed E-state index contributed by atoms with van der Waals surface area (Å²) in [5, 5.41) is 3.22. The van der Waals surface area contributed by atoms with Gasteiger partial charge in [0.15, 0.2) is 11.6 Å². The minimum Gasteiger partial charge on any atom is -0.456 e. The van der Waals surface area contributed by atoms with E-state index in [4.69, 9.17) is 4.74 Å². The second kappa shape index (κ2) is 5.74. The summed E-state index contributed by atoms with van der Waals surface area (Å²) < 4.78 is 4.79. The van der Waals surface area contributed by atoms with E-state index in [1.165, 1.54) is 0 Å². The van der Waals surface area contributed by atoms with Crippen LogP contribution in [0.15, 0.2) is 30.6 Å². The number of esters is 1. The molecule has 1 aliphatic heterocycles. The SMILES string of the molecule is CCOC(=O)C#Cc1ccc2c(c1)Nc1nccnc1N2C. The summed E-state index contributed by atoms with van der Waals surface area (Å²) in [6.45, 7) is 2.07. The minimum atomic E-state index is -0.526. The zero-order valence-corrected chi connectivity index (χ0v) is 12.3. The Balaban J connectivity index is 1.91. The normalized spacial score (nSPS) is 11.5. The Morgan fingerprint density at radius 1 is 1.36 bits per heavy atom. The van der Waals surface area contributed by atoms with Crippen LogP contribution in [-0.4, -0.2) is 29.6 Å². The second-order valence-corrected chi connectivity index (χ2v) is 4.61. The first-order valence-corrected chi connectivity index (χ1v) is 6.83. The molecular weight excluding hydrogens is 280 g/mol. The zero-order chi connectivity index (χ0) is 15.5. The Morgan fingerprint density at radius 2 is 2.18 bits per heavy atom. The van der Waals surface area contributed by atoms with Gasteiger partial charge in [0.1, 0.15) is 0 Å². The first-order valence-electron chi connectivity index (χ1n) is 6.83. The van der Waals surface area contributed by atoms with Gasteiger partial charge in [-0.1, -0.05) is 5.92 Å². The average molecular weight is 294 g/mol. The number of anilines is 4. The van der Waals surface area contributed by atoms with Crippen LogP contribution >= 0.6 is 0 Å². The number of nitrogens with zero attached hydrogens (tertiary/aromatic N) is 3. The van der Waals surface area contributed by atoms with Crippen LogP contribution in [0.1, 0.15) is 12.5 Å². The van der Waals surface area contributed by atoms with Crippen molar-refractivity contribution < 1.29 is 9.53 Å². The number of carbonyl (C=O) groups excluding carboxylic acids is 1. The van der Waals surface area contributed by atoms with Gasteiger partial charge in [-0.05, 0) is 25.1 Å². The van der Waals surface area contributed by atoms with Crippen molar-refractivity contribution in [3.05, 3.63) is 36.2 Å².